The second-order valence-corrected chi connectivity index (χ2v) is 6.64. The molecule has 1 N–H and O–H groups in total. The number of halogens is 1. The lowest BCUT2D eigenvalue weighted by molar-refractivity contribution is -0.119. The Labute approximate surface area is 151 Å². The number of carbonyl (C=O) groups is 1. The third-order valence-electron chi connectivity index (χ3n) is 3.81. The van der Waals surface area contributed by atoms with Crippen LogP contribution in [0.3, 0.4) is 0 Å². The van der Waals surface area contributed by atoms with E-state index in [1.807, 2.05) is 24.3 Å². The summed E-state index contributed by atoms with van der Waals surface area (Å²) in [4.78, 5) is 11.7. The van der Waals surface area contributed by atoms with Crippen LogP contribution in [-0.2, 0) is 24.2 Å². The van der Waals surface area contributed by atoms with Gasteiger partial charge < -0.3 is 10.1 Å². The summed E-state index contributed by atoms with van der Waals surface area (Å²) in [7, 11) is 1.66. The van der Waals surface area contributed by atoms with Crippen molar-refractivity contribution in [2.45, 2.75) is 33.3 Å². The first kappa shape index (κ1) is 17.8. The third kappa shape index (κ3) is 4.70. The zero-order valence-corrected chi connectivity index (χ0v) is 15.9. The number of hydrogen-bond donors (Lipinski definition) is 1. The van der Waals surface area contributed by atoms with Gasteiger partial charge in [-0.15, -0.1) is 0 Å². The highest BCUT2D eigenvalue weighted by atomic mass is 127. The molecule has 122 valence electrons. The van der Waals surface area contributed by atoms with Crippen molar-refractivity contribution >= 4 is 28.5 Å². The number of carbonyl (C=O) groups excluding carboxylic acids is 1. The number of amides is 1. The molecule has 0 radical (unpaired) electrons. The van der Waals surface area contributed by atoms with Gasteiger partial charge in [0.1, 0.15) is 12.4 Å². The first-order valence-electron chi connectivity index (χ1n) is 7.74. The van der Waals surface area contributed by atoms with Gasteiger partial charge in [-0.2, -0.15) is 0 Å². The Morgan fingerprint density at radius 3 is 2.70 bits per heavy atom. The molecule has 0 saturated heterocycles. The summed E-state index contributed by atoms with van der Waals surface area (Å²) < 4.78 is 7.19. The van der Waals surface area contributed by atoms with E-state index in [0.717, 1.165) is 26.9 Å². The maximum absolute atomic E-state index is 11.7. The summed E-state index contributed by atoms with van der Waals surface area (Å²) in [5, 5.41) is 2.68. The highest BCUT2D eigenvalue weighted by molar-refractivity contribution is 14.1. The zero-order valence-electron chi connectivity index (χ0n) is 13.8. The summed E-state index contributed by atoms with van der Waals surface area (Å²) in [5.41, 5.74) is 4.55. The minimum atomic E-state index is 0.0119. The van der Waals surface area contributed by atoms with Crippen LogP contribution in [0, 0.1) is 10.5 Å². The van der Waals surface area contributed by atoms with Crippen molar-refractivity contribution in [2.24, 2.45) is 0 Å². The summed E-state index contributed by atoms with van der Waals surface area (Å²) in [6.45, 7) is 4.69. The van der Waals surface area contributed by atoms with Crippen molar-refractivity contribution in [1.29, 1.82) is 0 Å². The molecule has 0 spiro atoms. The first-order valence-corrected chi connectivity index (χ1v) is 8.82. The van der Waals surface area contributed by atoms with Crippen molar-refractivity contribution in [3.8, 4) is 5.75 Å². The minimum absolute atomic E-state index is 0.0119. The van der Waals surface area contributed by atoms with Gasteiger partial charge in [0.25, 0.3) is 0 Å². The molecule has 0 heterocycles. The van der Waals surface area contributed by atoms with E-state index < -0.39 is 0 Å². The van der Waals surface area contributed by atoms with Crippen LogP contribution in [0.25, 0.3) is 0 Å². The molecule has 23 heavy (non-hydrogen) atoms. The summed E-state index contributed by atoms with van der Waals surface area (Å²) in [6.07, 6.45) is 1.31. The second kappa shape index (κ2) is 8.34. The van der Waals surface area contributed by atoms with Crippen LogP contribution in [0.1, 0.15) is 29.2 Å². The topological polar surface area (TPSA) is 38.3 Å². The molecule has 2 aromatic rings. The molecule has 0 unspecified atom stereocenters. The van der Waals surface area contributed by atoms with Crippen LogP contribution in [0.5, 0.6) is 5.75 Å². The van der Waals surface area contributed by atoms with E-state index in [0.29, 0.717) is 13.0 Å². The highest BCUT2D eigenvalue weighted by Crippen LogP contribution is 2.24. The van der Waals surface area contributed by atoms with Gasteiger partial charge in [-0.05, 0) is 59.2 Å². The number of benzene rings is 2. The van der Waals surface area contributed by atoms with E-state index >= 15 is 0 Å². The molecule has 0 fully saturated rings. The molecular formula is C19H22INO2. The van der Waals surface area contributed by atoms with Gasteiger partial charge in [-0.25, -0.2) is 0 Å². The molecular weight excluding hydrogens is 401 g/mol. The van der Waals surface area contributed by atoms with Crippen LogP contribution in [0.2, 0.25) is 0 Å². The van der Waals surface area contributed by atoms with E-state index in [-0.39, 0.29) is 5.91 Å². The average molecular weight is 423 g/mol. The largest absolute Gasteiger partial charge is 0.489 e. The standard InChI is InChI=1S/C19H22INO2/c1-4-14-10-13(2)8-9-18(14)23-12-16-15(11-19(22)21-3)6-5-7-17(16)20/h5-10H,4,11-12H2,1-3H3,(H,21,22). The average Bonchev–Trinajstić information content (AvgIpc) is 2.55. The van der Waals surface area contributed by atoms with Crippen LogP contribution in [0.15, 0.2) is 36.4 Å². The van der Waals surface area contributed by atoms with Crippen LogP contribution < -0.4 is 10.1 Å². The predicted molar refractivity (Wildman–Crippen MR) is 102 cm³/mol. The Morgan fingerprint density at radius 2 is 2.00 bits per heavy atom. The molecule has 0 atom stereocenters. The van der Waals surface area contributed by atoms with E-state index in [4.69, 9.17) is 4.74 Å². The minimum Gasteiger partial charge on any atom is -0.489 e. The molecule has 0 aromatic heterocycles. The van der Waals surface area contributed by atoms with Gasteiger partial charge >= 0.3 is 0 Å². The lowest BCUT2D eigenvalue weighted by Gasteiger charge is -2.15. The molecule has 0 aliphatic rings. The third-order valence-corrected chi connectivity index (χ3v) is 4.83. The zero-order chi connectivity index (χ0) is 16.8. The fraction of sp³-hybridized carbons (Fsp3) is 0.316. The number of likely N-dealkylation sites (N-methyl/N-ethyl adjacent to an activating group) is 1. The predicted octanol–water partition coefficient (Wildman–Crippen LogP) is 4.03. The van der Waals surface area contributed by atoms with E-state index in [1.54, 1.807) is 7.05 Å². The summed E-state index contributed by atoms with van der Waals surface area (Å²) in [5.74, 6) is 0.932. The van der Waals surface area contributed by atoms with E-state index in [9.17, 15) is 4.79 Å². The fourth-order valence-electron chi connectivity index (χ4n) is 2.47. The van der Waals surface area contributed by atoms with E-state index in [2.05, 4.69) is 53.9 Å². The number of rotatable bonds is 6. The molecule has 3 nitrogen and oxygen atoms in total. The molecule has 0 bridgehead atoms. The van der Waals surface area contributed by atoms with Gasteiger partial charge in [-0.3, -0.25) is 4.79 Å². The lowest BCUT2D eigenvalue weighted by Crippen LogP contribution is -2.21. The summed E-state index contributed by atoms with van der Waals surface area (Å²) >= 11 is 2.30. The Morgan fingerprint density at radius 1 is 1.22 bits per heavy atom. The van der Waals surface area contributed by atoms with Crippen molar-refractivity contribution in [3.05, 3.63) is 62.2 Å². The van der Waals surface area contributed by atoms with Crippen LogP contribution in [0.4, 0.5) is 0 Å². The summed E-state index contributed by atoms with van der Waals surface area (Å²) in [6, 6.07) is 12.3. The van der Waals surface area contributed by atoms with Crippen LogP contribution in [-0.4, -0.2) is 13.0 Å². The molecule has 0 aliphatic heterocycles. The van der Waals surface area contributed by atoms with Gasteiger partial charge in [0.15, 0.2) is 0 Å². The molecule has 4 heteroatoms. The maximum Gasteiger partial charge on any atom is 0.224 e. The van der Waals surface area contributed by atoms with Gasteiger partial charge in [0.05, 0.1) is 6.42 Å². The second-order valence-electron chi connectivity index (χ2n) is 5.48. The van der Waals surface area contributed by atoms with Crippen molar-refractivity contribution < 1.29 is 9.53 Å². The maximum atomic E-state index is 11.7. The Kier molecular flexibility index (Phi) is 6.45. The molecule has 2 aromatic carbocycles. The number of hydrogen-bond acceptors (Lipinski definition) is 2. The molecule has 2 rings (SSSR count). The first-order chi connectivity index (χ1) is 11.0. The monoisotopic (exact) mass is 423 g/mol. The molecule has 0 saturated carbocycles. The normalized spacial score (nSPS) is 10.4. The smallest absolute Gasteiger partial charge is 0.224 e. The lowest BCUT2D eigenvalue weighted by atomic mass is 10.0. The quantitative estimate of drug-likeness (QED) is 0.713. The highest BCUT2D eigenvalue weighted by Gasteiger charge is 2.11. The van der Waals surface area contributed by atoms with Gasteiger partial charge in [0, 0.05) is 16.2 Å². The Bertz CT molecular complexity index is 698. The number of aryl methyl sites for hydroxylation is 2. The van der Waals surface area contributed by atoms with Crippen molar-refractivity contribution in [1.82, 2.24) is 5.32 Å². The van der Waals surface area contributed by atoms with Crippen molar-refractivity contribution in [3.63, 3.8) is 0 Å². The Hall–Kier alpha value is -1.56. The molecule has 0 aliphatic carbocycles. The van der Waals surface area contributed by atoms with Crippen LogP contribution >= 0.6 is 22.6 Å². The number of nitrogens with one attached hydrogen (secondary N) is 1. The number of ether oxygens (including phenoxy) is 1. The Balaban J connectivity index is 2.22. The van der Waals surface area contributed by atoms with Crippen molar-refractivity contribution in [2.75, 3.05) is 7.05 Å². The van der Waals surface area contributed by atoms with Gasteiger partial charge in [-0.1, -0.05) is 36.8 Å². The van der Waals surface area contributed by atoms with E-state index in [1.165, 1.54) is 11.1 Å². The van der Waals surface area contributed by atoms with Gasteiger partial charge in [0.2, 0.25) is 5.91 Å². The fourth-order valence-corrected chi connectivity index (χ4v) is 3.18. The SMILES string of the molecule is CCc1cc(C)ccc1OCc1c(I)cccc1CC(=O)NC. The molecule has 1 amide bonds.